The van der Waals surface area contributed by atoms with Crippen molar-refractivity contribution in [1.82, 2.24) is 5.32 Å². The molecule has 1 N–H and O–H groups in total. The highest BCUT2D eigenvalue weighted by Crippen LogP contribution is 2.10. The number of unbranched alkanes of at least 4 members (excludes halogenated alkanes) is 1. The standard InChI is InChI=1S/C21H22ClNO4/c1-2-3-4-15-5-7-16(8-6-15)19(24)14-27-20(25)13-23-21(26)17-9-11-18(22)12-10-17/h5-12H,2-4,13-14H2,1H3,(H,23,26). The van der Waals surface area contributed by atoms with Gasteiger partial charge in [0, 0.05) is 16.1 Å². The lowest BCUT2D eigenvalue weighted by molar-refractivity contribution is -0.141. The molecule has 0 spiro atoms. The van der Waals surface area contributed by atoms with E-state index in [1.807, 2.05) is 12.1 Å². The average Bonchev–Trinajstić information content (AvgIpc) is 2.69. The van der Waals surface area contributed by atoms with Gasteiger partial charge in [-0.3, -0.25) is 14.4 Å². The van der Waals surface area contributed by atoms with Crippen LogP contribution < -0.4 is 5.32 Å². The van der Waals surface area contributed by atoms with Crippen LogP contribution in [0.3, 0.4) is 0 Å². The Morgan fingerprint density at radius 2 is 1.59 bits per heavy atom. The van der Waals surface area contributed by atoms with Crippen LogP contribution >= 0.6 is 11.6 Å². The van der Waals surface area contributed by atoms with Crippen molar-refractivity contribution in [2.75, 3.05) is 13.2 Å². The summed E-state index contributed by atoms with van der Waals surface area (Å²) in [7, 11) is 0. The smallest absolute Gasteiger partial charge is 0.325 e. The van der Waals surface area contributed by atoms with E-state index in [4.69, 9.17) is 16.3 Å². The monoisotopic (exact) mass is 387 g/mol. The number of esters is 1. The Bertz CT molecular complexity index is 785. The average molecular weight is 388 g/mol. The van der Waals surface area contributed by atoms with Gasteiger partial charge in [0.1, 0.15) is 6.54 Å². The van der Waals surface area contributed by atoms with Gasteiger partial charge >= 0.3 is 5.97 Å². The van der Waals surface area contributed by atoms with Gasteiger partial charge in [0.15, 0.2) is 12.4 Å². The van der Waals surface area contributed by atoms with Crippen molar-refractivity contribution in [1.29, 1.82) is 0 Å². The first-order valence-electron chi connectivity index (χ1n) is 8.81. The van der Waals surface area contributed by atoms with E-state index < -0.39 is 11.9 Å². The van der Waals surface area contributed by atoms with Crippen molar-refractivity contribution in [3.05, 3.63) is 70.2 Å². The van der Waals surface area contributed by atoms with Crippen LogP contribution in [0.2, 0.25) is 5.02 Å². The number of rotatable bonds is 9. The third-order valence-electron chi connectivity index (χ3n) is 3.96. The fourth-order valence-electron chi connectivity index (χ4n) is 2.37. The largest absolute Gasteiger partial charge is 0.456 e. The highest BCUT2D eigenvalue weighted by atomic mass is 35.5. The molecule has 0 saturated heterocycles. The van der Waals surface area contributed by atoms with Crippen molar-refractivity contribution in [3.63, 3.8) is 0 Å². The molecular formula is C21H22ClNO4. The third kappa shape index (κ3) is 6.87. The number of halogens is 1. The van der Waals surface area contributed by atoms with Crippen LogP contribution in [0.4, 0.5) is 0 Å². The minimum absolute atomic E-state index is 0.283. The highest BCUT2D eigenvalue weighted by molar-refractivity contribution is 6.30. The van der Waals surface area contributed by atoms with Gasteiger partial charge in [-0.2, -0.15) is 0 Å². The lowest BCUT2D eigenvalue weighted by atomic mass is 10.0. The number of ketones is 1. The van der Waals surface area contributed by atoms with Crippen molar-refractivity contribution < 1.29 is 19.1 Å². The molecule has 6 heteroatoms. The molecule has 0 radical (unpaired) electrons. The van der Waals surface area contributed by atoms with Crippen LogP contribution in [0.1, 0.15) is 46.0 Å². The molecule has 0 saturated carbocycles. The number of carbonyl (C=O) groups is 3. The van der Waals surface area contributed by atoms with Gasteiger partial charge in [0.2, 0.25) is 0 Å². The fourth-order valence-corrected chi connectivity index (χ4v) is 2.50. The number of carbonyl (C=O) groups excluding carboxylic acids is 3. The summed E-state index contributed by atoms with van der Waals surface area (Å²) in [5.74, 6) is -1.38. The Hall–Kier alpha value is -2.66. The van der Waals surface area contributed by atoms with Crippen LogP contribution in [0.15, 0.2) is 48.5 Å². The Morgan fingerprint density at radius 1 is 0.963 bits per heavy atom. The molecule has 1 amide bonds. The molecular weight excluding hydrogens is 366 g/mol. The number of aryl methyl sites for hydroxylation is 1. The summed E-state index contributed by atoms with van der Waals surface area (Å²) in [6.45, 7) is 1.46. The van der Waals surface area contributed by atoms with Crippen LogP contribution in [0.25, 0.3) is 0 Å². The van der Waals surface area contributed by atoms with Crippen LogP contribution in [0, 0.1) is 0 Å². The molecule has 0 aromatic heterocycles. The molecule has 0 atom stereocenters. The van der Waals surface area contributed by atoms with Crippen molar-refractivity contribution in [2.24, 2.45) is 0 Å². The van der Waals surface area contributed by atoms with E-state index in [0.717, 1.165) is 19.3 Å². The molecule has 0 aliphatic heterocycles. The first-order valence-corrected chi connectivity index (χ1v) is 9.19. The number of amides is 1. The van der Waals surface area contributed by atoms with Crippen molar-refractivity contribution in [3.8, 4) is 0 Å². The molecule has 5 nitrogen and oxygen atoms in total. The van der Waals surface area contributed by atoms with Crippen molar-refractivity contribution >= 4 is 29.3 Å². The maximum atomic E-state index is 12.1. The number of ether oxygens (including phenoxy) is 1. The predicted molar refractivity (Wildman–Crippen MR) is 104 cm³/mol. The van der Waals surface area contributed by atoms with E-state index >= 15 is 0 Å². The summed E-state index contributed by atoms with van der Waals surface area (Å²) < 4.78 is 4.93. The molecule has 27 heavy (non-hydrogen) atoms. The second kappa shape index (κ2) is 10.5. The van der Waals surface area contributed by atoms with E-state index in [1.54, 1.807) is 36.4 Å². The molecule has 0 fully saturated rings. The SMILES string of the molecule is CCCCc1ccc(C(=O)COC(=O)CNC(=O)c2ccc(Cl)cc2)cc1. The second-order valence-electron chi connectivity index (χ2n) is 6.07. The van der Waals surface area contributed by atoms with Crippen LogP contribution in [-0.2, 0) is 16.0 Å². The van der Waals surface area contributed by atoms with Gasteiger partial charge in [-0.15, -0.1) is 0 Å². The summed E-state index contributed by atoms with van der Waals surface area (Å²) in [5, 5.41) is 2.96. The topological polar surface area (TPSA) is 72.5 Å². The number of hydrogen-bond donors (Lipinski definition) is 1. The Balaban J connectivity index is 1.75. The molecule has 0 aliphatic carbocycles. The van der Waals surface area contributed by atoms with Gasteiger partial charge in [-0.1, -0.05) is 49.2 Å². The van der Waals surface area contributed by atoms with E-state index in [2.05, 4.69) is 12.2 Å². The molecule has 0 aliphatic rings. The van der Waals surface area contributed by atoms with E-state index in [0.29, 0.717) is 16.1 Å². The molecule has 142 valence electrons. The Morgan fingerprint density at radius 3 is 2.22 bits per heavy atom. The van der Waals surface area contributed by atoms with Gasteiger partial charge in [-0.05, 0) is 42.7 Å². The Kier molecular flexibility index (Phi) is 8.01. The normalized spacial score (nSPS) is 10.3. The summed E-state index contributed by atoms with van der Waals surface area (Å²) in [6, 6.07) is 13.6. The highest BCUT2D eigenvalue weighted by Gasteiger charge is 2.12. The first kappa shape index (κ1) is 20.6. The lowest BCUT2D eigenvalue weighted by Crippen LogP contribution is -2.31. The third-order valence-corrected chi connectivity index (χ3v) is 4.21. The quantitative estimate of drug-likeness (QED) is 0.524. The van der Waals surface area contributed by atoms with Gasteiger partial charge in [0.25, 0.3) is 5.91 Å². The summed E-state index contributed by atoms with van der Waals surface area (Å²) in [4.78, 5) is 35.7. The minimum atomic E-state index is -0.676. The number of nitrogens with one attached hydrogen (secondary N) is 1. The molecule has 0 bridgehead atoms. The molecule has 2 rings (SSSR count). The summed E-state index contributed by atoms with van der Waals surface area (Å²) in [6.07, 6.45) is 3.20. The van der Waals surface area contributed by atoms with Crippen LogP contribution in [0.5, 0.6) is 0 Å². The molecule has 0 unspecified atom stereocenters. The Labute approximate surface area is 163 Å². The van der Waals surface area contributed by atoms with Gasteiger partial charge in [-0.25, -0.2) is 0 Å². The number of benzene rings is 2. The van der Waals surface area contributed by atoms with Crippen LogP contribution in [-0.4, -0.2) is 30.8 Å². The maximum Gasteiger partial charge on any atom is 0.325 e. The minimum Gasteiger partial charge on any atom is -0.456 e. The van der Waals surface area contributed by atoms with E-state index in [9.17, 15) is 14.4 Å². The fraction of sp³-hybridized carbons (Fsp3) is 0.286. The lowest BCUT2D eigenvalue weighted by Gasteiger charge is -2.07. The van der Waals surface area contributed by atoms with E-state index in [1.165, 1.54) is 5.56 Å². The molecule has 2 aromatic rings. The second-order valence-corrected chi connectivity index (χ2v) is 6.51. The number of Topliss-reactive ketones (excluding diaryl/α,β-unsaturated/α-hetero) is 1. The molecule has 2 aromatic carbocycles. The molecule has 0 heterocycles. The first-order chi connectivity index (χ1) is 13.0. The predicted octanol–water partition coefficient (Wildman–Crippen LogP) is 3.84. The van der Waals surface area contributed by atoms with E-state index in [-0.39, 0.29) is 18.9 Å². The zero-order valence-corrected chi connectivity index (χ0v) is 15.9. The number of hydrogen-bond acceptors (Lipinski definition) is 4. The summed E-state index contributed by atoms with van der Waals surface area (Å²) >= 11 is 5.76. The van der Waals surface area contributed by atoms with Gasteiger partial charge in [0.05, 0.1) is 0 Å². The zero-order chi connectivity index (χ0) is 19.6. The van der Waals surface area contributed by atoms with Gasteiger partial charge < -0.3 is 10.1 Å². The summed E-state index contributed by atoms with van der Waals surface area (Å²) in [5.41, 5.74) is 2.05. The maximum absolute atomic E-state index is 12.1. The van der Waals surface area contributed by atoms with Crippen molar-refractivity contribution in [2.45, 2.75) is 26.2 Å². The zero-order valence-electron chi connectivity index (χ0n) is 15.2.